The Morgan fingerprint density at radius 3 is 2.87 bits per heavy atom. The van der Waals surface area contributed by atoms with Crippen LogP contribution in [0.2, 0.25) is 0 Å². The average molecular weight is 331 g/mol. The summed E-state index contributed by atoms with van der Waals surface area (Å²) in [5.41, 5.74) is 1.05. The molecule has 0 aliphatic carbocycles. The topological polar surface area (TPSA) is 45.7 Å². The number of benzene rings is 1. The van der Waals surface area contributed by atoms with Crippen molar-refractivity contribution in [3.8, 4) is 0 Å². The Labute approximate surface area is 139 Å². The van der Waals surface area contributed by atoms with Crippen LogP contribution < -0.4 is 4.90 Å². The highest BCUT2D eigenvalue weighted by Crippen LogP contribution is 2.31. The molecule has 0 saturated carbocycles. The quantitative estimate of drug-likeness (QED) is 0.847. The molecule has 23 heavy (non-hydrogen) atoms. The molecule has 2 aromatic rings. The largest absolute Gasteiger partial charge is 0.378 e. The Morgan fingerprint density at radius 2 is 2.04 bits per heavy atom. The molecule has 1 aromatic heterocycles. The third-order valence-corrected chi connectivity index (χ3v) is 5.74. The fourth-order valence-corrected chi connectivity index (χ4v) is 4.39. The van der Waals surface area contributed by atoms with Gasteiger partial charge in [-0.2, -0.15) is 0 Å². The molecular weight excluding hydrogens is 310 g/mol. The van der Waals surface area contributed by atoms with Crippen molar-refractivity contribution in [2.75, 3.05) is 44.3 Å². The number of aromatic nitrogens is 1. The number of ether oxygens (including phenoxy) is 1. The molecule has 2 fully saturated rings. The van der Waals surface area contributed by atoms with E-state index in [0.717, 1.165) is 49.7 Å². The molecule has 1 aromatic carbocycles. The fraction of sp³-hybridized carbons (Fsp3) is 0.529. The highest BCUT2D eigenvalue weighted by Gasteiger charge is 2.31. The Morgan fingerprint density at radius 1 is 1.22 bits per heavy atom. The molecule has 1 amide bonds. The molecule has 4 rings (SSSR count). The molecule has 2 aliphatic rings. The number of fused-ring (bicyclic) bond motifs is 1. The lowest BCUT2D eigenvalue weighted by molar-refractivity contribution is -0.139. The van der Waals surface area contributed by atoms with Crippen molar-refractivity contribution < 1.29 is 9.53 Å². The Kier molecular flexibility index (Phi) is 4.18. The predicted octanol–water partition coefficient (Wildman–Crippen LogP) is 2.37. The van der Waals surface area contributed by atoms with E-state index >= 15 is 0 Å². The zero-order chi connectivity index (χ0) is 15.6. The summed E-state index contributed by atoms with van der Waals surface area (Å²) < 4.78 is 6.56. The minimum atomic E-state index is 0.0915. The highest BCUT2D eigenvalue weighted by atomic mass is 32.1. The summed E-state index contributed by atoms with van der Waals surface area (Å²) in [6, 6.07) is 8.23. The maximum Gasteiger partial charge on any atom is 0.227 e. The number of hydrogen-bond acceptors (Lipinski definition) is 5. The van der Waals surface area contributed by atoms with Gasteiger partial charge < -0.3 is 14.5 Å². The van der Waals surface area contributed by atoms with E-state index in [1.54, 1.807) is 11.3 Å². The second-order valence-corrected chi connectivity index (χ2v) is 7.20. The maximum absolute atomic E-state index is 12.7. The number of morpholine rings is 1. The summed E-state index contributed by atoms with van der Waals surface area (Å²) >= 11 is 1.72. The first-order chi connectivity index (χ1) is 11.3. The first-order valence-corrected chi connectivity index (χ1v) is 9.10. The van der Waals surface area contributed by atoms with Crippen molar-refractivity contribution in [1.82, 2.24) is 9.88 Å². The van der Waals surface area contributed by atoms with Crippen LogP contribution in [0.5, 0.6) is 0 Å². The van der Waals surface area contributed by atoms with Gasteiger partial charge in [-0.3, -0.25) is 4.79 Å². The molecule has 0 N–H and O–H groups in total. The van der Waals surface area contributed by atoms with Crippen molar-refractivity contribution in [2.45, 2.75) is 12.8 Å². The van der Waals surface area contributed by atoms with Gasteiger partial charge in [-0.05, 0) is 25.0 Å². The fourth-order valence-electron chi connectivity index (χ4n) is 3.39. The number of nitrogens with zero attached hydrogens (tertiary/aromatic N) is 3. The molecule has 0 unspecified atom stereocenters. The van der Waals surface area contributed by atoms with Crippen LogP contribution in [-0.2, 0) is 9.53 Å². The van der Waals surface area contributed by atoms with Gasteiger partial charge in [-0.25, -0.2) is 4.98 Å². The van der Waals surface area contributed by atoms with Crippen molar-refractivity contribution in [3.63, 3.8) is 0 Å². The standard InChI is InChI=1S/C17H21N3O2S/c21-16(19-8-10-22-11-9-19)13-4-3-7-20(12-13)17-18-14-5-1-2-6-15(14)23-17/h1-2,5-6,13H,3-4,7-12H2/t13-/m1/s1. The van der Waals surface area contributed by atoms with E-state index in [0.29, 0.717) is 19.1 Å². The minimum Gasteiger partial charge on any atom is -0.378 e. The maximum atomic E-state index is 12.7. The van der Waals surface area contributed by atoms with Crippen LogP contribution in [0.3, 0.4) is 0 Å². The van der Waals surface area contributed by atoms with Crippen LogP contribution in [0.1, 0.15) is 12.8 Å². The summed E-state index contributed by atoms with van der Waals surface area (Å²) in [5, 5.41) is 1.05. The monoisotopic (exact) mass is 331 g/mol. The minimum absolute atomic E-state index is 0.0915. The van der Waals surface area contributed by atoms with E-state index in [1.165, 1.54) is 4.70 Å². The normalized spacial score (nSPS) is 22.5. The number of carbonyl (C=O) groups excluding carboxylic acids is 1. The molecule has 3 heterocycles. The van der Waals surface area contributed by atoms with Crippen molar-refractivity contribution in [1.29, 1.82) is 0 Å². The van der Waals surface area contributed by atoms with Gasteiger partial charge in [0.25, 0.3) is 0 Å². The van der Waals surface area contributed by atoms with Crippen LogP contribution in [0.15, 0.2) is 24.3 Å². The molecule has 6 heteroatoms. The summed E-state index contributed by atoms with van der Waals surface area (Å²) in [6.07, 6.45) is 2.04. The van der Waals surface area contributed by atoms with Gasteiger partial charge in [0, 0.05) is 26.2 Å². The molecule has 0 bridgehead atoms. The van der Waals surface area contributed by atoms with Gasteiger partial charge >= 0.3 is 0 Å². The van der Waals surface area contributed by atoms with Gasteiger partial charge in [-0.15, -0.1) is 0 Å². The number of hydrogen-bond donors (Lipinski definition) is 0. The molecule has 122 valence electrons. The summed E-state index contributed by atoms with van der Waals surface area (Å²) in [7, 11) is 0. The van der Waals surface area contributed by atoms with Gasteiger partial charge in [0.1, 0.15) is 0 Å². The van der Waals surface area contributed by atoms with Gasteiger partial charge in [0.15, 0.2) is 5.13 Å². The van der Waals surface area contributed by atoms with Crippen LogP contribution in [0.4, 0.5) is 5.13 Å². The Balaban J connectivity index is 1.48. The third kappa shape index (κ3) is 3.05. The molecule has 1 atom stereocenters. The van der Waals surface area contributed by atoms with Gasteiger partial charge in [0.2, 0.25) is 5.91 Å². The van der Waals surface area contributed by atoms with Crippen LogP contribution in [-0.4, -0.2) is 55.2 Å². The highest BCUT2D eigenvalue weighted by molar-refractivity contribution is 7.22. The Bertz CT molecular complexity index is 663. The average Bonchev–Trinajstić information content (AvgIpc) is 3.06. The number of piperidine rings is 1. The Hall–Kier alpha value is -1.66. The van der Waals surface area contributed by atoms with Crippen molar-refractivity contribution in [3.05, 3.63) is 24.3 Å². The third-order valence-electron chi connectivity index (χ3n) is 4.65. The van der Waals surface area contributed by atoms with Crippen molar-refractivity contribution in [2.24, 2.45) is 5.92 Å². The number of amides is 1. The van der Waals surface area contributed by atoms with Crippen LogP contribution >= 0.6 is 11.3 Å². The lowest BCUT2D eigenvalue weighted by Crippen LogP contribution is -2.48. The number of para-hydroxylation sites is 1. The van der Waals surface area contributed by atoms with Crippen molar-refractivity contribution >= 4 is 32.6 Å². The predicted molar refractivity (Wildman–Crippen MR) is 92.0 cm³/mol. The molecule has 2 saturated heterocycles. The second-order valence-electron chi connectivity index (χ2n) is 6.19. The smallest absolute Gasteiger partial charge is 0.227 e. The lowest BCUT2D eigenvalue weighted by atomic mass is 9.96. The number of anilines is 1. The van der Waals surface area contributed by atoms with Crippen LogP contribution in [0.25, 0.3) is 10.2 Å². The van der Waals surface area contributed by atoms with E-state index in [1.807, 2.05) is 17.0 Å². The molecule has 0 spiro atoms. The zero-order valence-corrected chi connectivity index (χ0v) is 13.9. The molecule has 5 nitrogen and oxygen atoms in total. The van der Waals surface area contributed by atoms with E-state index in [2.05, 4.69) is 17.0 Å². The summed E-state index contributed by atoms with van der Waals surface area (Å²) in [4.78, 5) is 21.7. The van der Waals surface area contributed by atoms with E-state index in [-0.39, 0.29) is 5.92 Å². The lowest BCUT2D eigenvalue weighted by Gasteiger charge is -2.36. The first-order valence-electron chi connectivity index (χ1n) is 8.28. The van der Waals surface area contributed by atoms with Gasteiger partial charge in [-0.1, -0.05) is 23.5 Å². The summed E-state index contributed by atoms with van der Waals surface area (Å²) in [6.45, 7) is 4.58. The zero-order valence-electron chi connectivity index (χ0n) is 13.1. The number of carbonyl (C=O) groups is 1. The van der Waals surface area contributed by atoms with Gasteiger partial charge in [0.05, 0.1) is 29.3 Å². The van der Waals surface area contributed by atoms with Crippen LogP contribution in [0, 0.1) is 5.92 Å². The molecular formula is C17H21N3O2S. The SMILES string of the molecule is O=C([C@@H]1CCCN(c2nc3ccccc3s2)C1)N1CCOCC1. The molecule has 0 radical (unpaired) electrons. The van der Waals surface area contributed by atoms with E-state index in [4.69, 9.17) is 9.72 Å². The first kappa shape index (κ1) is 14.9. The molecule has 2 aliphatic heterocycles. The number of rotatable bonds is 2. The second kappa shape index (κ2) is 6.45. The van der Waals surface area contributed by atoms with E-state index in [9.17, 15) is 4.79 Å². The number of thiazole rings is 1. The summed E-state index contributed by atoms with van der Waals surface area (Å²) in [5.74, 6) is 0.382. The van der Waals surface area contributed by atoms with E-state index < -0.39 is 0 Å².